The topological polar surface area (TPSA) is 62.4 Å². The van der Waals surface area contributed by atoms with Crippen molar-refractivity contribution >= 4 is 11.5 Å². The zero-order chi connectivity index (χ0) is 11.4. The standard InChI is InChI=1S/C11H12N4O/c1-16-7-5-13-11-9(8-12)15-6-3-2-4-10(15)14-11/h2-4,6,13H,5,7H2,1H3. The van der Waals surface area contributed by atoms with Crippen LogP contribution in [0.25, 0.3) is 5.65 Å². The Hall–Kier alpha value is -2.06. The minimum Gasteiger partial charge on any atom is -0.383 e. The average molecular weight is 216 g/mol. The lowest BCUT2D eigenvalue weighted by Gasteiger charge is -2.01. The summed E-state index contributed by atoms with van der Waals surface area (Å²) in [5.41, 5.74) is 1.28. The summed E-state index contributed by atoms with van der Waals surface area (Å²) in [5.74, 6) is 0.603. The highest BCUT2D eigenvalue weighted by Gasteiger charge is 2.09. The summed E-state index contributed by atoms with van der Waals surface area (Å²) in [6.45, 7) is 1.22. The number of pyridine rings is 1. The summed E-state index contributed by atoms with van der Waals surface area (Å²) < 4.78 is 6.69. The molecule has 2 aromatic rings. The number of imidazole rings is 1. The monoisotopic (exact) mass is 216 g/mol. The SMILES string of the molecule is COCCNc1nc2ccccn2c1C#N. The van der Waals surface area contributed by atoms with Crippen molar-refractivity contribution in [3.8, 4) is 6.07 Å². The quantitative estimate of drug-likeness (QED) is 0.781. The molecular formula is C11H12N4O. The molecule has 0 atom stereocenters. The highest BCUT2D eigenvalue weighted by Crippen LogP contribution is 2.15. The van der Waals surface area contributed by atoms with E-state index in [4.69, 9.17) is 10.00 Å². The number of anilines is 1. The summed E-state index contributed by atoms with van der Waals surface area (Å²) in [4.78, 5) is 4.33. The maximum Gasteiger partial charge on any atom is 0.168 e. The minimum atomic E-state index is 0.520. The third-order valence-corrected chi connectivity index (χ3v) is 2.23. The van der Waals surface area contributed by atoms with Crippen LogP contribution in [0, 0.1) is 11.3 Å². The predicted molar refractivity (Wildman–Crippen MR) is 60.3 cm³/mol. The highest BCUT2D eigenvalue weighted by atomic mass is 16.5. The molecule has 1 N–H and O–H groups in total. The zero-order valence-corrected chi connectivity index (χ0v) is 8.97. The first-order chi connectivity index (χ1) is 7.86. The van der Waals surface area contributed by atoms with Gasteiger partial charge in [-0.15, -0.1) is 0 Å². The molecular weight excluding hydrogens is 204 g/mol. The van der Waals surface area contributed by atoms with Crippen molar-refractivity contribution in [2.75, 3.05) is 25.6 Å². The highest BCUT2D eigenvalue weighted by molar-refractivity contribution is 5.58. The van der Waals surface area contributed by atoms with Crippen LogP contribution in [0.1, 0.15) is 5.69 Å². The molecule has 2 aromatic heterocycles. The van der Waals surface area contributed by atoms with Crippen molar-refractivity contribution in [2.45, 2.75) is 0 Å². The van der Waals surface area contributed by atoms with E-state index in [9.17, 15) is 0 Å². The number of hydrogen-bond acceptors (Lipinski definition) is 4. The molecule has 0 amide bonds. The van der Waals surface area contributed by atoms with Gasteiger partial charge < -0.3 is 10.1 Å². The summed E-state index contributed by atoms with van der Waals surface area (Å²) in [7, 11) is 1.64. The maximum atomic E-state index is 9.08. The number of fused-ring (bicyclic) bond motifs is 1. The van der Waals surface area contributed by atoms with E-state index in [-0.39, 0.29) is 0 Å². The number of nitrogens with zero attached hydrogens (tertiary/aromatic N) is 3. The van der Waals surface area contributed by atoms with E-state index in [1.165, 1.54) is 0 Å². The third-order valence-electron chi connectivity index (χ3n) is 2.23. The lowest BCUT2D eigenvalue weighted by Crippen LogP contribution is -2.08. The molecule has 0 unspecified atom stereocenters. The predicted octanol–water partition coefficient (Wildman–Crippen LogP) is 1.26. The summed E-state index contributed by atoms with van der Waals surface area (Å²) in [6.07, 6.45) is 1.82. The van der Waals surface area contributed by atoms with Crippen LogP contribution in [-0.2, 0) is 4.74 Å². The van der Waals surface area contributed by atoms with Crippen molar-refractivity contribution in [3.05, 3.63) is 30.1 Å². The molecule has 0 aliphatic carbocycles. The molecule has 0 fully saturated rings. The number of rotatable bonds is 4. The Kier molecular flexibility index (Phi) is 3.03. The summed E-state index contributed by atoms with van der Waals surface area (Å²) in [6, 6.07) is 7.77. The van der Waals surface area contributed by atoms with Crippen LogP contribution in [-0.4, -0.2) is 29.6 Å². The summed E-state index contributed by atoms with van der Waals surface area (Å²) >= 11 is 0. The number of aromatic nitrogens is 2. The minimum absolute atomic E-state index is 0.520. The van der Waals surface area contributed by atoms with Crippen LogP contribution in [0.15, 0.2) is 24.4 Å². The molecule has 5 heteroatoms. The van der Waals surface area contributed by atoms with Gasteiger partial charge in [0.25, 0.3) is 0 Å². The molecule has 0 spiro atoms. The van der Waals surface area contributed by atoms with Crippen LogP contribution in [0.5, 0.6) is 0 Å². The van der Waals surface area contributed by atoms with E-state index in [1.54, 1.807) is 11.5 Å². The van der Waals surface area contributed by atoms with Gasteiger partial charge in [-0.1, -0.05) is 6.07 Å². The van der Waals surface area contributed by atoms with E-state index >= 15 is 0 Å². The van der Waals surface area contributed by atoms with E-state index < -0.39 is 0 Å². The molecule has 0 aliphatic rings. The molecule has 5 nitrogen and oxygen atoms in total. The fraction of sp³-hybridized carbons (Fsp3) is 0.273. The Bertz CT molecular complexity index is 526. The number of methoxy groups -OCH3 is 1. The van der Waals surface area contributed by atoms with Crippen LogP contribution in [0.3, 0.4) is 0 Å². The second-order valence-corrected chi connectivity index (χ2v) is 3.27. The molecule has 16 heavy (non-hydrogen) atoms. The van der Waals surface area contributed by atoms with E-state index in [2.05, 4.69) is 16.4 Å². The van der Waals surface area contributed by atoms with Gasteiger partial charge in [0.2, 0.25) is 0 Å². The van der Waals surface area contributed by atoms with E-state index in [0.717, 1.165) is 5.65 Å². The molecule has 2 heterocycles. The van der Waals surface area contributed by atoms with Crippen molar-refractivity contribution in [1.82, 2.24) is 9.38 Å². The van der Waals surface area contributed by atoms with Gasteiger partial charge in [0, 0.05) is 19.9 Å². The Labute approximate surface area is 93.3 Å². The molecule has 0 saturated carbocycles. The van der Waals surface area contributed by atoms with Crippen LogP contribution < -0.4 is 5.32 Å². The van der Waals surface area contributed by atoms with Crippen LogP contribution >= 0.6 is 0 Å². The van der Waals surface area contributed by atoms with Gasteiger partial charge in [-0.25, -0.2) is 4.98 Å². The first-order valence-corrected chi connectivity index (χ1v) is 4.97. The average Bonchev–Trinajstić information content (AvgIpc) is 2.67. The van der Waals surface area contributed by atoms with Crippen molar-refractivity contribution in [3.63, 3.8) is 0 Å². The smallest absolute Gasteiger partial charge is 0.168 e. The Morgan fingerprint density at radius 3 is 3.19 bits per heavy atom. The molecule has 0 radical (unpaired) electrons. The van der Waals surface area contributed by atoms with E-state index in [0.29, 0.717) is 24.7 Å². The van der Waals surface area contributed by atoms with Crippen LogP contribution in [0.2, 0.25) is 0 Å². The number of ether oxygens (including phenoxy) is 1. The number of nitriles is 1. The maximum absolute atomic E-state index is 9.08. The van der Waals surface area contributed by atoms with Crippen LogP contribution in [0.4, 0.5) is 5.82 Å². The fourth-order valence-corrected chi connectivity index (χ4v) is 1.50. The second-order valence-electron chi connectivity index (χ2n) is 3.27. The Morgan fingerprint density at radius 1 is 1.56 bits per heavy atom. The van der Waals surface area contributed by atoms with Crippen molar-refractivity contribution in [1.29, 1.82) is 5.26 Å². The van der Waals surface area contributed by atoms with Gasteiger partial charge in [-0.3, -0.25) is 4.40 Å². The lowest BCUT2D eigenvalue weighted by molar-refractivity contribution is 0.210. The molecule has 82 valence electrons. The number of hydrogen-bond donors (Lipinski definition) is 1. The fourth-order valence-electron chi connectivity index (χ4n) is 1.50. The van der Waals surface area contributed by atoms with Gasteiger partial charge in [0.15, 0.2) is 11.5 Å². The summed E-state index contributed by atoms with van der Waals surface area (Å²) in [5, 5.41) is 12.2. The van der Waals surface area contributed by atoms with Crippen molar-refractivity contribution < 1.29 is 4.74 Å². The Morgan fingerprint density at radius 2 is 2.44 bits per heavy atom. The van der Waals surface area contributed by atoms with Gasteiger partial charge >= 0.3 is 0 Å². The lowest BCUT2D eigenvalue weighted by atomic mass is 10.4. The molecule has 0 saturated heterocycles. The molecule has 2 rings (SSSR count). The van der Waals surface area contributed by atoms with Gasteiger partial charge in [0.05, 0.1) is 6.61 Å². The Balaban J connectivity index is 2.34. The molecule has 0 bridgehead atoms. The van der Waals surface area contributed by atoms with E-state index in [1.807, 2.05) is 24.4 Å². The largest absolute Gasteiger partial charge is 0.383 e. The first kappa shape index (κ1) is 10.5. The van der Waals surface area contributed by atoms with Gasteiger partial charge in [-0.2, -0.15) is 5.26 Å². The first-order valence-electron chi connectivity index (χ1n) is 4.97. The molecule has 0 aliphatic heterocycles. The van der Waals surface area contributed by atoms with Gasteiger partial charge in [-0.05, 0) is 12.1 Å². The number of nitrogens with one attached hydrogen (secondary N) is 1. The molecule has 0 aromatic carbocycles. The zero-order valence-electron chi connectivity index (χ0n) is 8.97. The normalized spacial score (nSPS) is 10.2. The van der Waals surface area contributed by atoms with Gasteiger partial charge in [0.1, 0.15) is 11.7 Å². The third kappa shape index (κ3) is 1.83. The second kappa shape index (κ2) is 4.64. The van der Waals surface area contributed by atoms with Crippen molar-refractivity contribution in [2.24, 2.45) is 0 Å².